The predicted molar refractivity (Wildman–Crippen MR) is 120 cm³/mol. The van der Waals surface area contributed by atoms with Gasteiger partial charge in [0.1, 0.15) is 5.69 Å². The van der Waals surface area contributed by atoms with Gasteiger partial charge in [-0.25, -0.2) is 5.43 Å². The number of nitrogens with zero attached hydrogens (tertiary/aromatic N) is 3. The average molecular weight is 423 g/mol. The van der Waals surface area contributed by atoms with Gasteiger partial charge in [-0.05, 0) is 49.1 Å². The second kappa shape index (κ2) is 9.84. The van der Waals surface area contributed by atoms with E-state index in [9.17, 15) is 19.7 Å². The summed E-state index contributed by atoms with van der Waals surface area (Å²) in [4.78, 5) is 36.5. The maximum Gasteiger partial charge on any atom is 0.293 e. The molecule has 3 rings (SSSR count). The first-order valence-corrected chi connectivity index (χ1v) is 10.1. The van der Waals surface area contributed by atoms with E-state index in [2.05, 4.69) is 22.8 Å². The van der Waals surface area contributed by atoms with Crippen molar-refractivity contribution in [1.29, 1.82) is 0 Å². The fourth-order valence-corrected chi connectivity index (χ4v) is 3.42. The third-order valence-electron chi connectivity index (χ3n) is 5.17. The van der Waals surface area contributed by atoms with Crippen LogP contribution in [0.5, 0.6) is 0 Å². The molecule has 1 heterocycles. The number of amides is 2. The Morgan fingerprint density at radius 1 is 1.16 bits per heavy atom. The minimum atomic E-state index is -0.431. The van der Waals surface area contributed by atoms with Gasteiger partial charge in [-0.15, -0.1) is 0 Å². The molecule has 0 spiro atoms. The minimum Gasteiger partial charge on any atom is -0.366 e. The monoisotopic (exact) mass is 423 g/mol. The molecule has 0 saturated carbocycles. The molecule has 0 atom stereocenters. The number of hydrogen-bond donors (Lipinski definition) is 2. The Balaban J connectivity index is 1.66. The fourth-order valence-electron chi connectivity index (χ4n) is 3.42. The van der Waals surface area contributed by atoms with E-state index in [4.69, 9.17) is 0 Å². The van der Waals surface area contributed by atoms with Crippen LogP contribution in [0.15, 0.2) is 47.6 Å². The highest BCUT2D eigenvalue weighted by molar-refractivity contribution is 5.96. The Hall–Kier alpha value is -3.75. The van der Waals surface area contributed by atoms with Crippen molar-refractivity contribution >= 4 is 35.1 Å². The van der Waals surface area contributed by atoms with E-state index in [0.717, 1.165) is 25.9 Å². The number of nitrogens with one attached hydrogen (secondary N) is 2. The van der Waals surface area contributed by atoms with Gasteiger partial charge in [0.25, 0.3) is 11.6 Å². The van der Waals surface area contributed by atoms with Gasteiger partial charge in [-0.2, -0.15) is 5.10 Å². The minimum absolute atomic E-state index is 0.0263. The average Bonchev–Trinajstić information content (AvgIpc) is 2.74. The number of carbonyl (C=O) groups excluding carboxylic acids is 2. The summed E-state index contributed by atoms with van der Waals surface area (Å²) in [7, 11) is 0. The van der Waals surface area contributed by atoms with Crippen molar-refractivity contribution in [1.82, 2.24) is 5.43 Å². The Morgan fingerprint density at radius 3 is 2.45 bits per heavy atom. The third kappa shape index (κ3) is 5.88. The second-order valence-corrected chi connectivity index (χ2v) is 7.63. The summed E-state index contributed by atoms with van der Waals surface area (Å²) in [5.41, 5.74) is 4.51. The molecule has 1 saturated heterocycles. The van der Waals surface area contributed by atoms with E-state index in [1.54, 1.807) is 36.4 Å². The molecule has 162 valence electrons. The fraction of sp³-hybridized carbons (Fsp3) is 0.318. The normalized spacial score (nSPS) is 14.5. The topological polar surface area (TPSA) is 117 Å². The van der Waals surface area contributed by atoms with Gasteiger partial charge in [-0.1, -0.05) is 13.0 Å². The van der Waals surface area contributed by atoms with E-state index in [0.29, 0.717) is 28.4 Å². The molecular weight excluding hydrogens is 398 g/mol. The molecule has 0 radical (unpaired) electrons. The molecule has 2 N–H and O–H groups in total. The van der Waals surface area contributed by atoms with Crippen LogP contribution in [0.25, 0.3) is 0 Å². The van der Waals surface area contributed by atoms with Crippen molar-refractivity contribution in [2.75, 3.05) is 23.3 Å². The number of hydrogen-bond acceptors (Lipinski definition) is 6. The molecule has 9 nitrogen and oxygen atoms in total. The second-order valence-electron chi connectivity index (χ2n) is 7.63. The van der Waals surface area contributed by atoms with Crippen LogP contribution in [-0.4, -0.2) is 36.0 Å². The van der Waals surface area contributed by atoms with Crippen LogP contribution in [0, 0.1) is 16.0 Å². The van der Waals surface area contributed by atoms with Crippen LogP contribution in [0.3, 0.4) is 0 Å². The van der Waals surface area contributed by atoms with E-state index < -0.39 is 5.91 Å². The van der Waals surface area contributed by atoms with Crippen LogP contribution in [0.1, 0.15) is 42.6 Å². The molecule has 0 unspecified atom stereocenters. The number of nitro groups is 1. The van der Waals surface area contributed by atoms with E-state index in [1.807, 2.05) is 4.90 Å². The summed E-state index contributed by atoms with van der Waals surface area (Å²) in [6.45, 7) is 5.19. The van der Waals surface area contributed by atoms with E-state index in [-0.39, 0.29) is 16.5 Å². The zero-order valence-electron chi connectivity index (χ0n) is 17.5. The summed E-state index contributed by atoms with van der Waals surface area (Å²) in [6.07, 6.45) is 3.40. The standard InChI is InChI=1S/C22H25N5O4/c1-15-9-11-26(12-10-15)20-8-3-17(13-21(20)27(30)31)14-23-25-22(29)18-4-6-19(7-5-18)24-16(2)28/h3-8,13-15H,9-12H2,1-2H3,(H,24,28)(H,25,29)/b23-14+. The first kappa shape index (κ1) is 21.9. The number of carbonyl (C=O) groups is 2. The summed E-state index contributed by atoms with van der Waals surface area (Å²) in [6, 6.07) is 11.3. The zero-order chi connectivity index (χ0) is 22.4. The molecule has 0 bridgehead atoms. The predicted octanol–water partition coefficient (Wildman–Crippen LogP) is 3.55. The zero-order valence-corrected chi connectivity index (χ0v) is 17.5. The summed E-state index contributed by atoms with van der Waals surface area (Å²) in [5, 5.41) is 18.1. The van der Waals surface area contributed by atoms with Gasteiger partial charge in [0.2, 0.25) is 5.91 Å². The lowest BCUT2D eigenvalue weighted by Crippen LogP contribution is -2.33. The molecule has 31 heavy (non-hydrogen) atoms. The van der Waals surface area contributed by atoms with Gasteiger partial charge in [0.15, 0.2) is 0 Å². The number of anilines is 2. The lowest BCUT2D eigenvalue weighted by atomic mass is 9.98. The number of benzene rings is 2. The molecule has 2 aromatic carbocycles. The largest absolute Gasteiger partial charge is 0.366 e. The smallest absolute Gasteiger partial charge is 0.293 e. The van der Waals surface area contributed by atoms with Crippen molar-refractivity contribution in [3.63, 3.8) is 0 Å². The summed E-state index contributed by atoms with van der Waals surface area (Å²) >= 11 is 0. The molecule has 9 heteroatoms. The van der Waals surface area contributed by atoms with Crippen molar-refractivity contribution in [3.05, 3.63) is 63.7 Å². The third-order valence-corrected chi connectivity index (χ3v) is 5.17. The van der Waals surface area contributed by atoms with Crippen LogP contribution in [0.2, 0.25) is 0 Å². The molecule has 2 amide bonds. The van der Waals surface area contributed by atoms with Crippen LogP contribution >= 0.6 is 0 Å². The van der Waals surface area contributed by atoms with Crippen LogP contribution in [0.4, 0.5) is 17.1 Å². The Morgan fingerprint density at radius 2 is 1.84 bits per heavy atom. The first-order valence-electron chi connectivity index (χ1n) is 10.1. The summed E-state index contributed by atoms with van der Waals surface area (Å²) < 4.78 is 0. The first-order chi connectivity index (χ1) is 14.8. The maximum absolute atomic E-state index is 12.2. The van der Waals surface area contributed by atoms with Crippen LogP contribution < -0.4 is 15.6 Å². The quantitative estimate of drug-likeness (QED) is 0.419. The van der Waals surface area contributed by atoms with Gasteiger partial charge in [0.05, 0.1) is 11.1 Å². The Kier molecular flexibility index (Phi) is 6.96. The number of hydrazone groups is 1. The van der Waals surface area contributed by atoms with Crippen molar-refractivity contribution < 1.29 is 14.5 Å². The Labute approximate surface area is 180 Å². The van der Waals surface area contributed by atoms with Gasteiger partial charge >= 0.3 is 0 Å². The van der Waals surface area contributed by atoms with Gasteiger partial charge < -0.3 is 10.2 Å². The van der Waals surface area contributed by atoms with Gasteiger partial charge in [-0.3, -0.25) is 19.7 Å². The molecule has 1 aliphatic heterocycles. The molecule has 2 aromatic rings. The number of nitro benzene ring substituents is 1. The molecular formula is C22H25N5O4. The Bertz CT molecular complexity index is 995. The lowest BCUT2D eigenvalue weighted by molar-refractivity contribution is -0.384. The molecule has 0 aliphatic carbocycles. The molecule has 1 fully saturated rings. The number of piperidine rings is 1. The highest BCUT2D eigenvalue weighted by Crippen LogP contribution is 2.32. The highest BCUT2D eigenvalue weighted by Gasteiger charge is 2.23. The van der Waals surface area contributed by atoms with E-state index in [1.165, 1.54) is 19.2 Å². The maximum atomic E-state index is 12.2. The SMILES string of the molecule is CC(=O)Nc1ccc(C(=O)N/N=C/c2ccc(N3CCC(C)CC3)c([N+](=O)[O-])c2)cc1. The van der Waals surface area contributed by atoms with E-state index >= 15 is 0 Å². The van der Waals surface area contributed by atoms with Crippen molar-refractivity contribution in [2.24, 2.45) is 11.0 Å². The molecule has 0 aromatic heterocycles. The van der Waals surface area contributed by atoms with Crippen molar-refractivity contribution in [3.8, 4) is 0 Å². The highest BCUT2D eigenvalue weighted by atomic mass is 16.6. The molecule has 1 aliphatic rings. The van der Waals surface area contributed by atoms with Crippen molar-refractivity contribution in [2.45, 2.75) is 26.7 Å². The van der Waals surface area contributed by atoms with Crippen LogP contribution in [-0.2, 0) is 4.79 Å². The summed E-state index contributed by atoms with van der Waals surface area (Å²) in [5.74, 6) is 0.00265. The lowest BCUT2D eigenvalue weighted by Gasteiger charge is -2.31. The van der Waals surface area contributed by atoms with Gasteiger partial charge in [0, 0.05) is 42.9 Å². The number of rotatable bonds is 6.